The van der Waals surface area contributed by atoms with Crippen LogP contribution >= 0.6 is 23.1 Å². The van der Waals surface area contributed by atoms with Crippen molar-refractivity contribution in [3.63, 3.8) is 0 Å². The number of thiazole rings is 1. The highest BCUT2D eigenvalue weighted by Gasteiger charge is 2.18. The Morgan fingerprint density at radius 2 is 2.08 bits per heavy atom. The summed E-state index contributed by atoms with van der Waals surface area (Å²) in [6.07, 6.45) is 1.82. The minimum absolute atomic E-state index is 0.215. The molecule has 5 nitrogen and oxygen atoms in total. The van der Waals surface area contributed by atoms with Crippen LogP contribution in [0.3, 0.4) is 0 Å². The molecule has 7 heteroatoms. The molecule has 0 saturated carbocycles. The summed E-state index contributed by atoms with van der Waals surface area (Å²) >= 11 is 3.30. The van der Waals surface area contributed by atoms with E-state index in [0.29, 0.717) is 12.8 Å². The van der Waals surface area contributed by atoms with Crippen LogP contribution in [-0.2, 0) is 14.3 Å². The molecule has 136 valence electrons. The zero-order chi connectivity index (χ0) is 18.3. The summed E-state index contributed by atoms with van der Waals surface area (Å²) < 4.78 is 7.20. The molecule has 0 saturated heterocycles. The minimum Gasteiger partial charge on any atom is -0.456 e. The predicted molar refractivity (Wildman–Crippen MR) is 103 cm³/mol. The highest BCUT2D eigenvalue weighted by atomic mass is 32.2. The molecule has 0 aliphatic rings. The second-order valence-electron chi connectivity index (χ2n) is 6.35. The molecule has 0 radical (unpaired) electrons. The number of ether oxygens (including phenoxy) is 1. The van der Waals surface area contributed by atoms with Crippen molar-refractivity contribution in [3.8, 4) is 0 Å². The number of carbonyl (C=O) groups is 2. The van der Waals surface area contributed by atoms with E-state index in [4.69, 9.17) is 4.74 Å². The SMILES string of the molecule is CCC(C)(C)NC(=O)COC(=O)CCCSc1nc2ccccc2s1. The number of nitrogens with zero attached hydrogens (tertiary/aromatic N) is 1. The number of hydrogen-bond acceptors (Lipinski definition) is 6. The Morgan fingerprint density at radius 3 is 2.80 bits per heavy atom. The molecule has 25 heavy (non-hydrogen) atoms. The van der Waals surface area contributed by atoms with Gasteiger partial charge in [-0.15, -0.1) is 11.3 Å². The van der Waals surface area contributed by atoms with E-state index in [1.54, 1.807) is 23.1 Å². The van der Waals surface area contributed by atoms with Crippen molar-refractivity contribution in [1.82, 2.24) is 10.3 Å². The third kappa shape index (κ3) is 6.66. The van der Waals surface area contributed by atoms with E-state index >= 15 is 0 Å². The summed E-state index contributed by atoms with van der Waals surface area (Å²) in [5.41, 5.74) is 0.729. The fourth-order valence-electron chi connectivity index (χ4n) is 2.01. The number of hydrogen-bond donors (Lipinski definition) is 1. The summed E-state index contributed by atoms with van der Waals surface area (Å²) in [5, 5.41) is 2.84. The van der Waals surface area contributed by atoms with Crippen LogP contribution in [-0.4, -0.2) is 34.8 Å². The highest BCUT2D eigenvalue weighted by Crippen LogP contribution is 2.29. The van der Waals surface area contributed by atoms with Gasteiger partial charge < -0.3 is 10.1 Å². The molecule has 1 amide bonds. The number of rotatable bonds is 9. The zero-order valence-corrected chi connectivity index (χ0v) is 16.5. The van der Waals surface area contributed by atoms with Crippen molar-refractivity contribution in [1.29, 1.82) is 0 Å². The van der Waals surface area contributed by atoms with Crippen molar-refractivity contribution in [3.05, 3.63) is 24.3 Å². The lowest BCUT2D eigenvalue weighted by Crippen LogP contribution is -2.44. The first-order chi connectivity index (χ1) is 11.9. The average molecular weight is 381 g/mol. The molecule has 0 fully saturated rings. The van der Waals surface area contributed by atoms with Gasteiger partial charge in [0.2, 0.25) is 0 Å². The predicted octanol–water partition coefficient (Wildman–Crippen LogP) is 4.02. The second kappa shape index (κ2) is 9.20. The molecule has 0 aliphatic heterocycles. The van der Waals surface area contributed by atoms with Gasteiger partial charge in [0.1, 0.15) is 0 Å². The van der Waals surface area contributed by atoms with Crippen LogP contribution in [0.15, 0.2) is 28.6 Å². The molecule has 0 unspecified atom stereocenters. The molecular formula is C18H24N2O3S2. The quantitative estimate of drug-likeness (QED) is 0.404. The van der Waals surface area contributed by atoms with E-state index in [1.165, 1.54) is 4.70 Å². The van der Waals surface area contributed by atoms with Crippen molar-refractivity contribution in [2.45, 2.75) is 49.9 Å². The molecule has 0 atom stereocenters. The minimum atomic E-state index is -0.339. The van der Waals surface area contributed by atoms with Gasteiger partial charge in [0, 0.05) is 17.7 Å². The first-order valence-electron chi connectivity index (χ1n) is 8.34. The van der Waals surface area contributed by atoms with E-state index in [2.05, 4.69) is 16.4 Å². The molecule has 1 heterocycles. The Labute approximate surface area is 156 Å². The van der Waals surface area contributed by atoms with Crippen LogP contribution in [0.2, 0.25) is 0 Å². The third-order valence-corrected chi connectivity index (χ3v) is 6.02. The van der Waals surface area contributed by atoms with Gasteiger partial charge in [-0.2, -0.15) is 0 Å². The Hall–Kier alpha value is -1.60. The lowest BCUT2D eigenvalue weighted by atomic mass is 10.0. The van der Waals surface area contributed by atoms with Gasteiger partial charge in [0.25, 0.3) is 5.91 Å². The highest BCUT2D eigenvalue weighted by molar-refractivity contribution is 8.01. The van der Waals surface area contributed by atoms with E-state index in [9.17, 15) is 9.59 Å². The summed E-state index contributed by atoms with van der Waals surface area (Å²) in [5.74, 6) is 0.197. The van der Waals surface area contributed by atoms with Crippen LogP contribution in [0.5, 0.6) is 0 Å². The first-order valence-corrected chi connectivity index (χ1v) is 10.1. The molecular weight excluding hydrogens is 356 g/mol. The van der Waals surface area contributed by atoms with Gasteiger partial charge in [-0.05, 0) is 38.8 Å². The lowest BCUT2D eigenvalue weighted by Gasteiger charge is -2.24. The Balaban J connectivity index is 1.63. The van der Waals surface area contributed by atoms with Crippen molar-refractivity contribution < 1.29 is 14.3 Å². The Kier molecular flexibility index (Phi) is 7.25. The van der Waals surface area contributed by atoms with Crippen LogP contribution in [0, 0.1) is 0 Å². The summed E-state index contributed by atoms with van der Waals surface area (Å²) in [6, 6.07) is 8.03. The number of carbonyl (C=O) groups excluding carboxylic acids is 2. The second-order valence-corrected chi connectivity index (χ2v) is 8.72. The summed E-state index contributed by atoms with van der Waals surface area (Å²) in [6.45, 7) is 5.65. The number of thioether (sulfide) groups is 1. The van der Waals surface area contributed by atoms with Gasteiger partial charge in [-0.25, -0.2) is 4.98 Å². The number of nitrogens with one attached hydrogen (secondary N) is 1. The van der Waals surface area contributed by atoms with E-state index in [-0.39, 0.29) is 24.0 Å². The third-order valence-electron chi connectivity index (χ3n) is 3.75. The summed E-state index contributed by atoms with van der Waals surface area (Å²) in [4.78, 5) is 28.0. The standard InChI is InChI=1S/C18H24N2O3S2/c1-4-18(2,3)20-15(21)12-23-16(22)10-7-11-24-17-19-13-8-5-6-9-14(13)25-17/h5-6,8-9H,4,7,10-12H2,1-3H3,(H,20,21). The van der Waals surface area contributed by atoms with E-state index < -0.39 is 0 Å². The smallest absolute Gasteiger partial charge is 0.306 e. The van der Waals surface area contributed by atoms with Crippen LogP contribution in [0.4, 0.5) is 0 Å². The Morgan fingerprint density at radius 1 is 1.32 bits per heavy atom. The van der Waals surface area contributed by atoms with Gasteiger partial charge in [-0.3, -0.25) is 9.59 Å². The van der Waals surface area contributed by atoms with Crippen LogP contribution < -0.4 is 5.32 Å². The van der Waals surface area contributed by atoms with Gasteiger partial charge in [0.05, 0.1) is 10.2 Å². The van der Waals surface area contributed by atoms with Crippen molar-refractivity contribution >= 4 is 45.2 Å². The normalized spacial score (nSPS) is 11.5. The number of fused-ring (bicyclic) bond motifs is 1. The molecule has 2 rings (SSSR count). The molecule has 0 spiro atoms. The monoisotopic (exact) mass is 380 g/mol. The first kappa shape index (κ1) is 19.7. The Bertz CT molecular complexity index is 695. The van der Waals surface area contributed by atoms with Crippen LogP contribution in [0.1, 0.15) is 40.0 Å². The van der Waals surface area contributed by atoms with E-state index in [0.717, 1.165) is 22.0 Å². The molecule has 2 aromatic rings. The van der Waals surface area contributed by atoms with E-state index in [1.807, 2.05) is 39.0 Å². The molecule has 1 aromatic heterocycles. The van der Waals surface area contributed by atoms with Gasteiger partial charge in [0.15, 0.2) is 10.9 Å². The number of amides is 1. The van der Waals surface area contributed by atoms with Gasteiger partial charge >= 0.3 is 5.97 Å². The van der Waals surface area contributed by atoms with Gasteiger partial charge in [-0.1, -0.05) is 30.8 Å². The fraction of sp³-hybridized carbons (Fsp3) is 0.500. The molecule has 0 aliphatic carbocycles. The van der Waals surface area contributed by atoms with Crippen LogP contribution in [0.25, 0.3) is 10.2 Å². The molecule has 0 bridgehead atoms. The topological polar surface area (TPSA) is 68.3 Å². The maximum atomic E-state index is 11.7. The number of aromatic nitrogens is 1. The molecule has 1 aromatic carbocycles. The maximum absolute atomic E-state index is 11.7. The zero-order valence-electron chi connectivity index (χ0n) is 14.8. The average Bonchev–Trinajstić information content (AvgIpc) is 2.99. The van der Waals surface area contributed by atoms with Crippen molar-refractivity contribution in [2.24, 2.45) is 0 Å². The lowest BCUT2D eigenvalue weighted by molar-refractivity contribution is -0.149. The number of esters is 1. The molecule has 1 N–H and O–H groups in total. The fourth-order valence-corrected chi connectivity index (χ4v) is 4.09. The number of para-hydroxylation sites is 1. The number of benzene rings is 1. The van der Waals surface area contributed by atoms with Crippen molar-refractivity contribution in [2.75, 3.05) is 12.4 Å². The maximum Gasteiger partial charge on any atom is 0.306 e. The largest absolute Gasteiger partial charge is 0.456 e. The summed E-state index contributed by atoms with van der Waals surface area (Å²) in [7, 11) is 0.